The third-order valence-corrected chi connectivity index (χ3v) is 6.02. The van der Waals surface area contributed by atoms with E-state index in [0.29, 0.717) is 19.1 Å². The number of hydrogen-bond acceptors (Lipinski definition) is 5. The summed E-state index contributed by atoms with van der Waals surface area (Å²) in [6.45, 7) is 7.46. The van der Waals surface area contributed by atoms with Crippen molar-refractivity contribution in [3.63, 3.8) is 0 Å². The lowest BCUT2D eigenvalue weighted by Crippen LogP contribution is -1.98. The minimum atomic E-state index is 0.596. The first kappa shape index (κ1) is 18.0. The lowest BCUT2D eigenvalue weighted by molar-refractivity contribution is 0.288. The maximum absolute atomic E-state index is 5.75. The molecule has 0 radical (unpaired) electrons. The number of aromatic nitrogens is 2. The van der Waals surface area contributed by atoms with Crippen molar-refractivity contribution in [1.29, 1.82) is 0 Å². The largest absolute Gasteiger partial charge is 0.490 e. The van der Waals surface area contributed by atoms with Crippen LogP contribution >= 0.6 is 11.3 Å². The van der Waals surface area contributed by atoms with E-state index in [1.807, 2.05) is 32.0 Å². The van der Waals surface area contributed by atoms with Gasteiger partial charge in [0.1, 0.15) is 10.0 Å². The molecule has 5 heteroatoms. The van der Waals surface area contributed by atoms with Gasteiger partial charge in [-0.25, -0.2) is 0 Å². The van der Waals surface area contributed by atoms with Crippen LogP contribution in [0.3, 0.4) is 0 Å². The molecule has 0 unspecified atom stereocenters. The predicted octanol–water partition coefficient (Wildman–Crippen LogP) is 5.72. The Bertz CT molecular complexity index is 951. The van der Waals surface area contributed by atoms with Gasteiger partial charge in [0.25, 0.3) is 0 Å². The third-order valence-electron chi connectivity index (χ3n) is 5.02. The summed E-state index contributed by atoms with van der Waals surface area (Å²) in [5.74, 6) is 2.15. The molecule has 1 aliphatic rings. The Balaban J connectivity index is 1.69. The average Bonchev–Trinajstić information content (AvgIpc) is 3.31. The van der Waals surface area contributed by atoms with Gasteiger partial charge in [-0.3, -0.25) is 0 Å². The standard InChI is InChI=1S/C22H24N2O2S/c1-4-25-19-12-10-15(13-20(19)26-5-2)21-23-24-22(27-21)18-8-6-7-16-14(3)9-11-17(16)18/h6-8,10,12-14H,4-5,9,11H2,1-3H3/t14-/m1/s1. The summed E-state index contributed by atoms with van der Waals surface area (Å²) in [7, 11) is 0. The van der Waals surface area contributed by atoms with Crippen molar-refractivity contribution in [2.75, 3.05) is 13.2 Å². The second kappa shape index (κ2) is 7.69. The van der Waals surface area contributed by atoms with Crippen LogP contribution in [0.15, 0.2) is 36.4 Å². The van der Waals surface area contributed by atoms with Crippen molar-refractivity contribution >= 4 is 11.3 Å². The summed E-state index contributed by atoms with van der Waals surface area (Å²) >= 11 is 1.63. The number of nitrogens with zero attached hydrogens (tertiary/aromatic N) is 2. The monoisotopic (exact) mass is 380 g/mol. The Kier molecular flexibility index (Phi) is 5.12. The van der Waals surface area contributed by atoms with Gasteiger partial charge >= 0.3 is 0 Å². The number of hydrogen-bond donors (Lipinski definition) is 0. The Hall–Kier alpha value is -2.40. The van der Waals surface area contributed by atoms with E-state index in [-0.39, 0.29) is 0 Å². The summed E-state index contributed by atoms with van der Waals surface area (Å²) < 4.78 is 11.4. The van der Waals surface area contributed by atoms with E-state index in [1.54, 1.807) is 11.3 Å². The highest BCUT2D eigenvalue weighted by Gasteiger charge is 2.23. The highest BCUT2D eigenvalue weighted by Crippen LogP contribution is 2.41. The number of ether oxygens (including phenoxy) is 2. The van der Waals surface area contributed by atoms with Crippen LogP contribution in [0.2, 0.25) is 0 Å². The van der Waals surface area contributed by atoms with E-state index in [4.69, 9.17) is 9.47 Å². The van der Waals surface area contributed by atoms with Crippen LogP contribution in [-0.2, 0) is 6.42 Å². The molecule has 2 aromatic carbocycles. The van der Waals surface area contributed by atoms with Crippen LogP contribution in [0.4, 0.5) is 0 Å². The second-order valence-corrected chi connectivity index (χ2v) is 7.73. The molecule has 0 bridgehead atoms. The summed E-state index contributed by atoms with van der Waals surface area (Å²) in [5, 5.41) is 10.8. The zero-order valence-corrected chi connectivity index (χ0v) is 16.8. The van der Waals surface area contributed by atoms with Gasteiger partial charge in [0, 0.05) is 11.1 Å². The van der Waals surface area contributed by atoms with Gasteiger partial charge in [-0.05, 0) is 61.9 Å². The normalized spacial score (nSPS) is 15.6. The molecular weight excluding hydrogens is 356 g/mol. The van der Waals surface area contributed by atoms with E-state index in [0.717, 1.165) is 33.5 Å². The molecule has 140 valence electrons. The second-order valence-electron chi connectivity index (χ2n) is 6.75. The Morgan fingerprint density at radius 2 is 1.78 bits per heavy atom. The third kappa shape index (κ3) is 3.44. The molecule has 1 heterocycles. The van der Waals surface area contributed by atoms with Crippen molar-refractivity contribution in [2.24, 2.45) is 0 Å². The molecule has 0 saturated heterocycles. The van der Waals surface area contributed by atoms with Gasteiger partial charge < -0.3 is 9.47 Å². The van der Waals surface area contributed by atoms with E-state index in [2.05, 4.69) is 35.3 Å². The molecule has 0 N–H and O–H groups in total. The first-order chi connectivity index (χ1) is 13.2. The van der Waals surface area contributed by atoms with Crippen molar-refractivity contribution in [3.05, 3.63) is 47.5 Å². The summed E-state index contributed by atoms with van der Waals surface area (Å²) in [4.78, 5) is 0. The van der Waals surface area contributed by atoms with Gasteiger partial charge in [-0.15, -0.1) is 10.2 Å². The topological polar surface area (TPSA) is 44.2 Å². The zero-order valence-electron chi connectivity index (χ0n) is 16.0. The minimum absolute atomic E-state index is 0.596. The lowest BCUT2D eigenvalue weighted by Gasteiger charge is -2.11. The molecule has 4 rings (SSSR count). The Morgan fingerprint density at radius 3 is 2.59 bits per heavy atom. The highest BCUT2D eigenvalue weighted by atomic mass is 32.1. The molecular formula is C22H24N2O2S. The van der Waals surface area contributed by atoms with Gasteiger partial charge in [-0.2, -0.15) is 0 Å². The number of benzene rings is 2. The molecule has 27 heavy (non-hydrogen) atoms. The molecule has 0 spiro atoms. The van der Waals surface area contributed by atoms with Crippen molar-refractivity contribution in [3.8, 4) is 32.6 Å². The SMILES string of the molecule is CCOc1ccc(-c2nnc(-c3cccc4c3CC[C@H]4C)s2)cc1OCC. The van der Waals surface area contributed by atoms with Crippen molar-refractivity contribution in [1.82, 2.24) is 10.2 Å². The van der Waals surface area contributed by atoms with Gasteiger partial charge in [-0.1, -0.05) is 36.5 Å². The summed E-state index contributed by atoms with van der Waals surface area (Å²) in [6, 6.07) is 12.5. The summed E-state index contributed by atoms with van der Waals surface area (Å²) in [6.07, 6.45) is 2.34. The first-order valence-corrected chi connectivity index (χ1v) is 10.4. The van der Waals surface area contributed by atoms with Crippen LogP contribution in [0.5, 0.6) is 11.5 Å². The average molecular weight is 381 g/mol. The molecule has 1 aromatic heterocycles. The number of fused-ring (bicyclic) bond motifs is 1. The smallest absolute Gasteiger partial charge is 0.161 e. The molecule has 3 aromatic rings. The molecule has 0 saturated carbocycles. The van der Waals surface area contributed by atoms with E-state index >= 15 is 0 Å². The maximum Gasteiger partial charge on any atom is 0.161 e. The molecule has 0 aliphatic heterocycles. The maximum atomic E-state index is 5.75. The van der Waals surface area contributed by atoms with Crippen molar-refractivity contribution < 1.29 is 9.47 Å². The molecule has 0 amide bonds. The highest BCUT2D eigenvalue weighted by molar-refractivity contribution is 7.17. The van der Waals surface area contributed by atoms with Crippen LogP contribution in [0, 0.1) is 0 Å². The van der Waals surface area contributed by atoms with Gasteiger partial charge in [0.05, 0.1) is 13.2 Å². The summed E-state index contributed by atoms with van der Waals surface area (Å²) in [5.41, 5.74) is 5.14. The fourth-order valence-electron chi connectivity index (χ4n) is 3.69. The zero-order chi connectivity index (χ0) is 18.8. The Morgan fingerprint density at radius 1 is 1.00 bits per heavy atom. The van der Waals surface area contributed by atoms with E-state index in [9.17, 15) is 0 Å². The fraction of sp³-hybridized carbons (Fsp3) is 0.364. The molecule has 1 aliphatic carbocycles. The van der Waals surface area contributed by atoms with Crippen LogP contribution in [-0.4, -0.2) is 23.4 Å². The molecule has 1 atom stereocenters. The quantitative estimate of drug-likeness (QED) is 0.549. The van der Waals surface area contributed by atoms with Crippen LogP contribution in [0.25, 0.3) is 21.1 Å². The first-order valence-electron chi connectivity index (χ1n) is 9.57. The van der Waals surface area contributed by atoms with Crippen LogP contribution in [0.1, 0.15) is 44.2 Å². The Labute approximate surface area is 164 Å². The fourth-order valence-corrected chi connectivity index (χ4v) is 4.59. The molecule has 4 nitrogen and oxygen atoms in total. The van der Waals surface area contributed by atoms with Crippen LogP contribution < -0.4 is 9.47 Å². The molecule has 0 fully saturated rings. The minimum Gasteiger partial charge on any atom is -0.490 e. The van der Waals surface area contributed by atoms with Crippen molar-refractivity contribution in [2.45, 2.75) is 39.5 Å². The van der Waals surface area contributed by atoms with Gasteiger partial charge in [0.2, 0.25) is 0 Å². The lowest BCUT2D eigenvalue weighted by atomic mass is 10.0. The van der Waals surface area contributed by atoms with E-state index in [1.165, 1.54) is 23.1 Å². The van der Waals surface area contributed by atoms with E-state index < -0.39 is 0 Å². The number of rotatable bonds is 6. The predicted molar refractivity (Wildman–Crippen MR) is 110 cm³/mol. The van der Waals surface area contributed by atoms with Gasteiger partial charge in [0.15, 0.2) is 11.5 Å².